The number of para-hydroxylation sites is 1. The summed E-state index contributed by atoms with van der Waals surface area (Å²) < 4.78 is 21.4. The van der Waals surface area contributed by atoms with Crippen LogP contribution in [-0.4, -0.2) is 50.2 Å². The lowest BCUT2D eigenvalue weighted by Gasteiger charge is -2.18. The molecule has 6 rings (SSSR count). The monoisotopic (exact) mass is 521 g/mol. The van der Waals surface area contributed by atoms with Gasteiger partial charge in [0, 0.05) is 23.4 Å². The maximum absolute atomic E-state index is 13.9. The Balaban J connectivity index is 1.36. The van der Waals surface area contributed by atoms with Crippen LogP contribution in [0, 0.1) is 5.92 Å². The van der Waals surface area contributed by atoms with Crippen LogP contribution in [0.4, 0.5) is 17.1 Å². The van der Waals surface area contributed by atoms with Gasteiger partial charge >= 0.3 is 0 Å². The predicted molar refractivity (Wildman–Crippen MR) is 139 cm³/mol. The summed E-state index contributed by atoms with van der Waals surface area (Å²) in [4.78, 5) is 24.6. The van der Waals surface area contributed by atoms with E-state index in [1.165, 1.54) is 13.3 Å². The standard InChI is InChI=1S/C25H28N7O4P/c1-36-23-18(29-21-19(30-25(34)14-5-6-14)12-27-31-22(21)24(26)33)3-2-4-20(23)32-13-17(11-28-32)37(35,15-7-8-15)16-9-10-16/h2-4,11-16H,5-10H2,1H3,(H2,26,33)(H,27,29)(H,30,31,34). The van der Waals surface area contributed by atoms with Gasteiger partial charge in [-0.05, 0) is 50.7 Å². The lowest BCUT2D eigenvalue weighted by atomic mass is 10.2. The van der Waals surface area contributed by atoms with Gasteiger partial charge in [-0.1, -0.05) is 6.07 Å². The van der Waals surface area contributed by atoms with Crippen LogP contribution >= 0.6 is 7.14 Å². The molecule has 11 nitrogen and oxygen atoms in total. The molecule has 0 atom stereocenters. The van der Waals surface area contributed by atoms with Crippen molar-refractivity contribution in [3.63, 3.8) is 0 Å². The Kier molecular flexibility index (Phi) is 5.75. The summed E-state index contributed by atoms with van der Waals surface area (Å²) in [5, 5.41) is 19.1. The van der Waals surface area contributed by atoms with E-state index < -0.39 is 13.0 Å². The molecule has 0 unspecified atom stereocenters. The normalized spacial score (nSPS) is 17.3. The molecule has 3 aliphatic rings. The first-order chi connectivity index (χ1) is 17.9. The molecule has 192 valence electrons. The Morgan fingerprint density at radius 2 is 1.81 bits per heavy atom. The third-order valence-electron chi connectivity index (χ3n) is 7.15. The minimum absolute atomic E-state index is 0.0489. The van der Waals surface area contributed by atoms with Crippen LogP contribution in [0.2, 0.25) is 0 Å². The molecule has 4 N–H and O–H groups in total. The van der Waals surface area contributed by atoms with Crippen molar-refractivity contribution in [1.82, 2.24) is 20.0 Å². The fraction of sp³-hybridized carbons (Fsp3) is 0.400. The Morgan fingerprint density at radius 1 is 1.08 bits per heavy atom. The number of nitrogens with one attached hydrogen (secondary N) is 2. The average Bonchev–Trinajstić information content (AvgIpc) is 3.74. The molecule has 0 saturated heterocycles. The summed E-state index contributed by atoms with van der Waals surface area (Å²) >= 11 is 0. The van der Waals surface area contributed by atoms with Gasteiger partial charge in [0.1, 0.15) is 12.8 Å². The van der Waals surface area contributed by atoms with E-state index in [0.717, 1.165) is 43.8 Å². The van der Waals surface area contributed by atoms with Crippen molar-refractivity contribution in [3.8, 4) is 11.4 Å². The van der Waals surface area contributed by atoms with Gasteiger partial charge in [0.05, 0.1) is 41.9 Å². The first-order valence-corrected chi connectivity index (χ1v) is 14.3. The zero-order chi connectivity index (χ0) is 25.7. The second-order valence-electron chi connectivity index (χ2n) is 9.91. The minimum atomic E-state index is -2.47. The first kappa shape index (κ1) is 23.7. The van der Waals surface area contributed by atoms with E-state index in [2.05, 4.69) is 25.9 Å². The van der Waals surface area contributed by atoms with Gasteiger partial charge < -0.3 is 25.7 Å². The van der Waals surface area contributed by atoms with Gasteiger partial charge in [-0.2, -0.15) is 10.2 Å². The number of benzene rings is 1. The lowest BCUT2D eigenvalue weighted by Crippen LogP contribution is -2.20. The molecular formula is C25H28N7O4P. The number of ether oxygens (including phenoxy) is 1. The van der Waals surface area contributed by atoms with Crippen LogP contribution in [0.3, 0.4) is 0 Å². The van der Waals surface area contributed by atoms with Gasteiger partial charge in [-0.15, -0.1) is 5.10 Å². The van der Waals surface area contributed by atoms with Crippen molar-refractivity contribution < 1.29 is 18.9 Å². The fourth-order valence-corrected chi connectivity index (χ4v) is 8.57. The van der Waals surface area contributed by atoms with Crippen molar-refractivity contribution >= 4 is 41.3 Å². The quantitative estimate of drug-likeness (QED) is 0.344. The molecule has 0 bridgehead atoms. The molecule has 2 aromatic heterocycles. The van der Waals surface area contributed by atoms with Crippen molar-refractivity contribution in [1.29, 1.82) is 0 Å². The molecule has 2 amide bonds. The van der Waals surface area contributed by atoms with E-state index in [0.29, 0.717) is 22.8 Å². The van der Waals surface area contributed by atoms with Crippen molar-refractivity contribution in [3.05, 3.63) is 42.5 Å². The number of hydrogen-bond acceptors (Lipinski definition) is 8. The number of hydrogen-bond donors (Lipinski definition) is 3. The molecule has 0 aliphatic heterocycles. The number of anilines is 3. The van der Waals surface area contributed by atoms with Crippen LogP contribution < -0.4 is 26.4 Å². The highest BCUT2D eigenvalue weighted by molar-refractivity contribution is 7.73. The Hall–Kier alpha value is -3.72. The number of aromatic nitrogens is 4. The molecule has 2 heterocycles. The van der Waals surface area contributed by atoms with E-state index >= 15 is 0 Å². The number of carbonyl (C=O) groups is 2. The molecule has 0 radical (unpaired) electrons. The topological polar surface area (TPSA) is 154 Å². The molecule has 12 heteroatoms. The Bertz CT molecular complexity index is 1430. The number of nitrogens with zero attached hydrogens (tertiary/aromatic N) is 4. The number of nitrogens with two attached hydrogens (primary N) is 1. The Labute approximate surface area is 213 Å². The van der Waals surface area contributed by atoms with E-state index in [-0.39, 0.29) is 34.5 Å². The van der Waals surface area contributed by atoms with Crippen LogP contribution in [0.5, 0.6) is 5.75 Å². The number of amides is 2. The molecular weight excluding hydrogens is 493 g/mol. The molecule has 3 saturated carbocycles. The van der Waals surface area contributed by atoms with Crippen LogP contribution in [0.1, 0.15) is 49.0 Å². The van der Waals surface area contributed by atoms with Crippen molar-refractivity contribution in [2.24, 2.45) is 11.7 Å². The van der Waals surface area contributed by atoms with Crippen molar-refractivity contribution in [2.75, 3.05) is 17.7 Å². The van der Waals surface area contributed by atoms with Gasteiger partial charge in [0.15, 0.2) is 11.4 Å². The highest BCUT2D eigenvalue weighted by Gasteiger charge is 2.52. The minimum Gasteiger partial charge on any atom is -0.492 e. The Morgan fingerprint density at radius 3 is 2.43 bits per heavy atom. The predicted octanol–water partition coefficient (Wildman–Crippen LogP) is 3.18. The van der Waals surface area contributed by atoms with E-state index in [9.17, 15) is 14.2 Å². The number of rotatable bonds is 10. The second-order valence-corrected chi connectivity index (χ2v) is 13.3. The van der Waals surface area contributed by atoms with Crippen molar-refractivity contribution in [2.45, 2.75) is 49.8 Å². The molecule has 37 heavy (non-hydrogen) atoms. The maximum atomic E-state index is 13.9. The molecule has 1 aromatic carbocycles. The largest absolute Gasteiger partial charge is 0.492 e. The third-order valence-corrected chi connectivity index (χ3v) is 11.4. The number of primary amides is 1. The van der Waals surface area contributed by atoms with Crippen LogP contribution in [0.15, 0.2) is 36.8 Å². The van der Waals surface area contributed by atoms with E-state index in [1.54, 1.807) is 16.9 Å². The summed E-state index contributed by atoms with van der Waals surface area (Å²) in [5.74, 6) is -0.545. The van der Waals surface area contributed by atoms with E-state index in [4.69, 9.17) is 10.5 Å². The lowest BCUT2D eigenvalue weighted by molar-refractivity contribution is -0.117. The summed E-state index contributed by atoms with van der Waals surface area (Å²) in [6.45, 7) is 0. The highest BCUT2D eigenvalue weighted by atomic mass is 31.2. The highest BCUT2D eigenvalue weighted by Crippen LogP contribution is 2.69. The summed E-state index contributed by atoms with van der Waals surface area (Å²) in [7, 11) is -0.940. The molecule has 3 aliphatic carbocycles. The third kappa shape index (κ3) is 4.37. The maximum Gasteiger partial charge on any atom is 0.271 e. The molecule has 0 spiro atoms. The van der Waals surface area contributed by atoms with Crippen LogP contribution in [-0.2, 0) is 9.36 Å². The molecule has 3 fully saturated rings. The van der Waals surface area contributed by atoms with Gasteiger partial charge in [0.2, 0.25) is 5.91 Å². The first-order valence-electron chi connectivity index (χ1n) is 12.5. The van der Waals surface area contributed by atoms with Gasteiger partial charge in [-0.25, -0.2) is 4.68 Å². The average molecular weight is 522 g/mol. The van der Waals surface area contributed by atoms with Crippen LogP contribution in [0.25, 0.3) is 5.69 Å². The van der Waals surface area contributed by atoms with Gasteiger partial charge in [-0.3, -0.25) is 9.59 Å². The smallest absolute Gasteiger partial charge is 0.271 e. The zero-order valence-electron chi connectivity index (χ0n) is 20.4. The summed E-state index contributed by atoms with van der Waals surface area (Å²) in [6.07, 6.45) is 10.7. The number of methoxy groups -OCH3 is 1. The number of carbonyl (C=O) groups excluding carboxylic acids is 2. The summed E-state index contributed by atoms with van der Waals surface area (Å²) in [5.41, 5.74) is 7.66. The second kappa shape index (κ2) is 8.99. The van der Waals surface area contributed by atoms with E-state index in [1.807, 2.05) is 18.3 Å². The summed E-state index contributed by atoms with van der Waals surface area (Å²) in [6, 6.07) is 5.42. The molecule has 3 aromatic rings. The van der Waals surface area contributed by atoms with Gasteiger partial charge in [0.25, 0.3) is 5.91 Å². The zero-order valence-corrected chi connectivity index (χ0v) is 21.3. The fourth-order valence-electron chi connectivity index (χ4n) is 4.77. The SMILES string of the molecule is COc1c(Nc2c(NC(=O)C3CC3)cnnc2C(N)=O)cccc1-n1cc(P(=O)(C2CC2)C2CC2)cn1.